The molecule has 0 radical (unpaired) electrons. The Kier molecular flexibility index (Phi) is 6.83. The van der Waals surface area contributed by atoms with Gasteiger partial charge >= 0.3 is 0 Å². The highest BCUT2D eigenvalue weighted by atomic mass is 127. The van der Waals surface area contributed by atoms with Gasteiger partial charge in [-0.15, -0.1) is 24.0 Å². The van der Waals surface area contributed by atoms with Crippen molar-refractivity contribution in [3.05, 3.63) is 24.2 Å². The summed E-state index contributed by atoms with van der Waals surface area (Å²) in [7, 11) is 3.47. The maximum absolute atomic E-state index is 11.5. The van der Waals surface area contributed by atoms with Gasteiger partial charge in [0.1, 0.15) is 0 Å². The van der Waals surface area contributed by atoms with E-state index < -0.39 is 0 Å². The fourth-order valence-corrected chi connectivity index (χ4v) is 1.44. The SMILES string of the molecule is CN(C)C(=O)CNC(=NCc1ccoc1)NC1CC1.I. The molecule has 1 aliphatic carbocycles. The van der Waals surface area contributed by atoms with E-state index in [4.69, 9.17) is 4.42 Å². The van der Waals surface area contributed by atoms with Crippen molar-refractivity contribution in [1.29, 1.82) is 0 Å². The predicted molar refractivity (Wildman–Crippen MR) is 88.1 cm³/mol. The van der Waals surface area contributed by atoms with E-state index in [1.165, 1.54) is 0 Å². The van der Waals surface area contributed by atoms with Crippen molar-refractivity contribution in [3.63, 3.8) is 0 Å². The first-order valence-electron chi connectivity index (χ1n) is 6.41. The van der Waals surface area contributed by atoms with Gasteiger partial charge in [-0.1, -0.05) is 0 Å². The number of hydrogen-bond acceptors (Lipinski definition) is 3. The van der Waals surface area contributed by atoms with Gasteiger partial charge in [0.2, 0.25) is 5.91 Å². The van der Waals surface area contributed by atoms with Crippen molar-refractivity contribution in [1.82, 2.24) is 15.5 Å². The van der Waals surface area contributed by atoms with E-state index in [0.29, 0.717) is 18.5 Å². The third-order valence-corrected chi connectivity index (χ3v) is 2.82. The van der Waals surface area contributed by atoms with Gasteiger partial charge in [-0.05, 0) is 18.9 Å². The second-order valence-corrected chi connectivity index (χ2v) is 4.86. The molecule has 0 spiro atoms. The number of carbonyl (C=O) groups excluding carboxylic acids is 1. The van der Waals surface area contributed by atoms with E-state index in [9.17, 15) is 4.79 Å². The van der Waals surface area contributed by atoms with Crippen molar-refractivity contribution in [2.75, 3.05) is 20.6 Å². The number of nitrogens with zero attached hydrogens (tertiary/aromatic N) is 2. The van der Waals surface area contributed by atoms with Gasteiger partial charge in [0.25, 0.3) is 0 Å². The van der Waals surface area contributed by atoms with Crippen LogP contribution in [0, 0.1) is 0 Å². The van der Waals surface area contributed by atoms with Crippen LogP contribution in [0.2, 0.25) is 0 Å². The van der Waals surface area contributed by atoms with Crippen LogP contribution >= 0.6 is 24.0 Å². The van der Waals surface area contributed by atoms with Crippen molar-refractivity contribution in [2.45, 2.75) is 25.4 Å². The fraction of sp³-hybridized carbons (Fsp3) is 0.538. The Bertz CT molecular complexity index is 441. The van der Waals surface area contributed by atoms with Crippen LogP contribution in [-0.4, -0.2) is 43.4 Å². The molecule has 1 aromatic rings. The molecule has 0 unspecified atom stereocenters. The fourth-order valence-electron chi connectivity index (χ4n) is 1.44. The number of guanidine groups is 1. The normalized spacial score (nSPS) is 14.4. The summed E-state index contributed by atoms with van der Waals surface area (Å²) in [6.07, 6.45) is 5.62. The summed E-state index contributed by atoms with van der Waals surface area (Å²) in [6.45, 7) is 0.783. The monoisotopic (exact) mass is 392 g/mol. The van der Waals surface area contributed by atoms with Gasteiger partial charge in [-0.2, -0.15) is 0 Å². The zero-order valence-electron chi connectivity index (χ0n) is 11.8. The molecule has 1 aromatic heterocycles. The summed E-state index contributed by atoms with van der Waals surface area (Å²) >= 11 is 0. The van der Waals surface area contributed by atoms with Gasteiger partial charge in [0.15, 0.2) is 5.96 Å². The first kappa shape index (κ1) is 16.8. The van der Waals surface area contributed by atoms with E-state index >= 15 is 0 Å². The molecule has 1 aliphatic rings. The van der Waals surface area contributed by atoms with Crippen molar-refractivity contribution < 1.29 is 9.21 Å². The quantitative estimate of drug-likeness (QED) is 0.449. The predicted octanol–water partition coefficient (Wildman–Crippen LogP) is 1.18. The Hall–Kier alpha value is -1.25. The molecule has 1 amide bonds. The number of hydrogen-bond donors (Lipinski definition) is 2. The molecule has 2 N–H and O–H groups in total. The molecule has 0 aliphatic heterocycles. The number of furan rings is 1. The van der Waals surface area contributed by atoms with Crippen LogP contribution in [0.15, 0.2) is 28.0 Å². The molecule has 0 atom stereocenters. The second kappa shape index (κ2) is 8.13. The lowest BCUT2D eigenvalue weighted by atomic mass is 10.3. The van der Waals surface area contributed by atoms with Gasteiger partial charge in [0, 0.05) is 25.7 Å². The van der Waals surface area contributed by atoms with Crippen LogP contribution < -0.4 is 10.6 Å². The minimum atomic E-state index is 0. The average Bonchev–Trinajstić information content (AvgIpc) is 3.04. The molecule has 112 valence electrons. The van der Waals surface area contributed by atoms with Crippen molar-refractivity contribution in [2.24, 2.45) is 4.99 Å². The summed E-state index contributed by atoms with van der Waals surface area (Å²) in [5.74, 6) is 0.701. The number of likely N-dealkylation sites (N-methyl/N-ethyl adjacent to an activating group) is 1. The molecule has 0 saturated heterocycles. The standard InChI is InChI=1S/C13H20N4O2.HI/c1-17(2)12(18)8-15-13(16-11-3-4-11)14-7-10-5-6-19-9-10;/h5-6,9,11H,3-4,7-8H2,1-2H3,(H2,14,15,16);1H. The summed E-state index contributed by atoms with van der Waals surface area (Å²) in [4.78, 5) is 17.5. The highest BCUT2D eigenvalue weighted by molar-refractivity contribution is 14.0. The molecule has 6 nitrogen and oxygen atoms in total. The Balaban J connectivity index is 0.00000200. The van der Waals surface area contributed by atoms with E-state index in [2.05, 4.69) is 15.6 Å². The molecule has 0 aromatic carbocycles. The van der Waals surface area contributed by atoms with Gasteiger partial charge < -0.3 is 20.0 Å². The zero-order valence-corrected chi connectivity index (χ0v) is 14.1. The van der Waals surface area contributed by atoms with Gasteiger partial charge in [-0.3, -0.25) is 4.79 Å². The molecule has 20 heavy (non-hydrogen) atoms. The van der Waals surface area contributed by atoms with Crippen molar-refractivity contribution in [3.8, 4) is 0 Å². The maximum atomic E-state index is 11.5. The molecule has 1 heterocycles. The maximum Gasteiger partial charge on any atom is 0.241 e. The van der Waals surface area contributed by atoms with E-state index in [-0.39, 0.29) is 36.4 Å². The van der Waals surface area contributed by atoms with Crippen LogP contribution in [0.5, 0.6) is 0 Å². The molecule has 7 heteroatoms. The molecular formula is C13H21IN4O2. The summed E-state index contributed by atoms with van der Waals surface area (Å²) in [5.41, 5.74) is 1.01. The minimum Gasteiger partial charge on any atom is -0.472 e. The average molecular weight is 392 g/mol. The minimum absolute atomic E-state index is 0. The number of aliphatic imine (C=N–C) groups is 1. The summed E-state index contributed by atoms with van der Waals surface area (Å²) in [6, 6.07) is 2.37. The Morgan fingerprint density at radius 2 is 2.25 bits per heavy atom. The number of nitrogens with one attached hydrogen (secondary N) is 2. The lowest BCUT2D eigenvalue weighted by Crippen LogP contribution is -2.43. The molecule has 0 bridgehead atoms. The summed E-state index contributed by atoms with van der Waals surface area (Å²) in [5, 5.41) is 6.34. The highest BCUT2D eigenvalue weighted by Gasteiger charge is 2.22. The van der Waals surface area contributed by atoms with Crippen molar-refractivity contribution >= 4 is 35.8 Å². The van der Waals surface area contributed by atoms with Crippen LogP contribution in [0.4, 0.5) is 0 Å². The third-order valence-electron chi connectivity index (χ3n) is 2.82. The van der Waals surface area contributed by atoms with E-state index in [0.717, 1.165) is 18.4 Å². The summed E-state index contributed by atoms with van der Waals surface area (Å²) < 4.78 is 5.00. The Morgan fingerprint density at radius 3 is 2.80 bits per heavy atom. The van der Waals surface area contributed by atoms with E-state index in [1.54, 1.807) is 31.5 Å². The molecule has 2 rings (SSSR count). The third kappa shape index (κ3) is 5.81. The molecular weight excluding hydrogens is 371 g/mol. The largest absolute Gasteiger partial charge is 0.472 e. The Morgan fingerprint density at radius 1 is 1.50 bits per heavy atom. The number of carbonyl (C=O) groups is 1. The highest BCUT2D eigenvalue weighted by Crippen LogP contribution is 2.18. The van der Waals surface area contributed by atoms with Gasteiger partial charge in [-0.25, -0.2) is 4.99 Å². The molecule has 1 saturated carbocycles. The van der Waals surface area contributed by atoms with Crippen LogP contribution in [0.3, 0.4) is 0 Å². The lowest BCUT2D eigenvalue weighted by Gasteiger charge is -2.14. The number of rotatable bonds is 5. The first-order valence-corrected chi connectivity index (χ1v) is 6.41. The first-order chi connectivity index (χ1) is 9.15. The smallest absolute Gasteiger partial charge is 0.241 e. The second-order valence-electron chi connectivity index (χ2n) is 4.86. The zero-order chi connectivity index (χ0) is 13.7. The topological polar surface area (TPSA) is 69.9 Å². The van der Waals surface area contributed by atoms with Crippen LogP contribution in [-0.2, 0) is 11.3 Å². The van der Waals surface area contributed by atoms with E-state index in [1.807, 2.05) is 6.07 Å². The van der Waals surface area contributed by atoms with Crippen LogP contribution in [0.1, 0.15) is 18.4 Å². The van der Waals surface area contributed by atoms with Crippen LogP contribution in [0.25, 0.3) is 0 Å². The lowest BCUT2D eigenvalue weighted by molar-refractivity contribution is -0.127. The molecule has 1 fully saturated rings. The Labute approximate surface area is 136 Å². The number of halogens is 1. The number of amides is 1. The van der Waals surface area contributed by atoms with Gasteiger partial charge in [0.05, 0.1) is 25.6 Å².